The topological polar surface area (TPSA) is 150 Å². The molecule has 11 nitrogen and oxygen atoms in total. The molecule has 0 radical (unpaired) electrons. The SMILES string of the molecule is CC(C)(C)OC(=O)NC1CCC(n2nc(-c3ccc(C(=O)Nc4cc(C(F)(F)F)ccn4)cc3)c3c(N)ncnc32)CC1. The van der Waals surface area contributed by atoms with Crippen LogP contribution >= 0.6 is 0 Å². The maximum absolute atomic E-state index is 13.0. The highest BCUT2D eigenvalue weighted by atomic mass is 19.4. The highest BCUT2D eigenvalue weighted by molar-refractivity contribution is 6.04. The number of amides is 2. The van der Waals surface area contributed by atoms with Crippen LogP contribution in [0.4, 0.5) is 29.6 Å². The number of carbonyl (C=O) groups is 2. The summed E-state index contributed by atoms with van der Waals surface area (Å²) in [5.74, 6) is -0.577. The van der Waals surface area contributed by atoms with Crippen LogP contribution in [0.2, 0.25) is 0 Å². The van der Waals surface area contributed by atoms with Crippen molar-refractivity contribution < 1.29 is 27.5 Å². The van der Waals surface area contributed by atoms with Crippen LogP contribution in [0.25, 0.3) is 22.3 Å². The molecule has 4 aromatic rings. The molecule has 2 amide bonds. The second-order valence-corrected chi connectivity index (χ2v) is 11.4. The Morgan fingerprint density at radius 3 is 2.35 bits per heavy atom. The molecular weight excluding hydrogens is 565 g/mol. The van der Waals surface area contributed by atoms with Gasteiger partial charge >= 0.3 is 12.3 Å². The first kappa shape index (κ1) is 29.7. The first-order valence-electron chi connectivity index (χ1n) is 13.7. The largest absolute Gasteiger partial charge is 0.444 e. The summed E-state index contributed by atoms with van der Waals surface area (Å²) in [5, 5.41) is 10.8. The molecule has 43 heavy (non-hydrogen) atoms. The number of fused-ring (bicyclic) bond motifs is 1. The van der Waals surface area contributed by atoms with E-state index in [9.17, 15) is 22.8 Å². The fraction of sp³-hybridized carbons (Fsp3) is 0.379. The third kappa shape index (κ3) is 6.84. The van der Waals surface area contributed by atoms with Gasteiger partial charge in [-0.1, -0.05) is 12.1 Å². The van der Waals surface area contributed by atoms with E-state index in [2.05, 4.69) is 25.6 Å². The van der Waals surface area contributed by atoms with E-state index in [1.54, 1.807) is 12.1 Å². The molecule has 1 aliphatic carbocycles. The molecule has 5 rings (SSSR count). The predicted molar refractivity (Wildman–Crippen MR) is 153 cm³/mol. The van der Waals surface area contributed by atoms with Crippen molar-refractivity contribution in [3.05, 3.63) is 60.0 Å². The fourth-order valence-corrected chi connectivity index (χ4v) is 5.03. The number of pyridine rings is 1. The van der Waals surface area contributed by atoms with Gasteiger partial charge in [0.15, 0.2) is 5.65 Å². The zero-order valence-corrected chi connectivity index (χ0v) is 23.8. The summed E-state index contributed by atoms with van der Waals surface area (Å²) in [4.78, 5) is 37.4. The number of alkyl carbamates (subject to hydrolysis) is 1. The molecule has 0 bridgehead atoms. The number of carbonyl (C=O) groups excluding carboxylic acids is 2. The Labute approximate surface area is 245 Å². The van der Waals surface area contributed by atoms with Crippen molar-refractivity contribution in [2.24, 2.45) is 0 Å². The van der Waals surface area contributed by atoms with Gasteiger partial charge in [-0.15, -0.1) is 0 Å². The van der Waals surface area contributed by atoms with Gasteiger partial charge in [0.2, 0.25) is 0 Å². The van der Waals surface area contributed by atoms with Gasteiger partial charge < -0.3 is 21.1 Å². The number of anilines is 2. The number of hydrogen-bond donors (Lipinski definition) is 3. The first-order valence-corrected chi connectivity index (χ1v) is 13.7. The molecule has 0 aliphatic heterocycles. The van der Waals surface area contributed by atoms with E-state index < -0.39 is 29.3 Å². The van der Waals surface area contributed by atoms with Gasteiger partial charge in [0.05, 0.1) is 17.0 Å². The third-order valence-electron chi connectivity index (χ3n) is 7.03. The van der Waals surface area contributed by atoms with Crippen LogP contribution < -0.4 is 16.4 Å². The molecule has 3 aromatic heterocycles. The first-order chi connectivity index (χ1) is 20.3. The van der Waals surface area contributed by atoms with Crippen molar-refractivity contribution >= 4 is 34.7 Å². The Kier molecular flexibility index (Phi) is 7.95. The quantitative estimate of drug-likeness (QED) is 0.264. The standard InChI is InChI=1S/C29H31F3N8O3/c1-28(2,3)43-27(42)37-19-8-10-20(11-9-19)40-25-22(24(33)35-15-36-25)23(39-40)16-4-6-17(7-5-16)26(41)38-21-14-18(12-13-34-21)29(30,31)32/h4-7,12-15,19-20H,8-11H2,1-3H3,(H,37,42)(H2,33,35,36)(H,34,38,41). The Morgan fingerprint density at radius 2 is 1.70 bits per heavy atom. The number of aromatic nitrogens is 5. The Bertz CT molecular complexity index is 1640. The number of nitrogens with zero attached hydrogens (tertiary/aromatic N) is 5. The summed E-state index contributed by atoms with van der Waals surface area (Å²) in [6.45, 7) is 5.45. The smallest absolute Gasteiger partial charge is 0.416 e. The molecule has 226 valence electrons. The third-order valence-corrected chi connectivity index (χ3v) is 7.03. The summed E-state index contributed by atoms with van der Waals surface area (Å²) in [6.07, 6.45) is 0.304. The molecule has 14 heteroatoms. The van der Waals surface area contributed by atoms with Crippen molar-refractivity contribution in [2.45, 2.75) is 70.3 Å². The zero-order chi connectivity index (χ0) is 30.9. The minimum atomic E-state index is -4.56. The average Bonchev–Trinajstić information content (AvgIpc) is 3.33. The maximum atomic E-state index is 13.0. The molecule has 0 spiro atoms. The lowest BCUT2D eigenvalue weighted by Crippen LogP contribution is -2.41. The second kappa shape index (κ2) is 11.5. The molecule has 3 heterocycles. The predicted octanol–water partition coefficient (Wildman–Crippen LogP) is 5.75. The highest BCUT2D eigenvalue weighted by Gasteiger charge is 2.31. The van der Waals surface area contributed by atoms with E-state index in [4.69, 9.17) is 15.6 Å². The van der Waals surface area contributed by atoms with Gasteiger partial charge in [0, 0.05) is 23.4 Å². The molecule has 1 aliphatic rings. The van der Waals surface area contributed by atoms with E-state index in [-0.39, 0.29) is 29.3 Å². The average molecular weight is 597 g/mol. The summed E-state index contributed by atoms with van der Waals surface area (Å²) in [6, 6.07) is 8.02. The lowest BCUT2D eigenvalue weighted by Gasteiger charge is -2.30. The molecule has 4 N–H and O–H groups in total. The van der Waals surface area contributed by atoms with Crippen LogP contribution in [-0.4, -0.2) is 48.4 Å². The van der Waals surface area contributed by atoms with Crippen molar-refractivity contribution in [3.63, 3.8) is 0 Å². The van der Waals surface area contributed by atoms with E-state index in [0.29, 0.717) is 22.3 Å². The lowest BCUT2D eigenvalue weighted by atomic mass is 9.91. The van der Waals surface area contributed by atoms with Crippen molar-refractivity contribution in [3.8, 4) is 11.3 Å². The molecule has 0 unspecified atom stereocenters. The normalized spacial score (nSPS) is 17.4. The minimum Gasteiger partial charge on any atom is -0.444 e. The van der Waals surface area contributed by atoms with Gasteiger partial charge in [-0.05, 0) is 70.7 Å². The van der Waals surface area contributed by atoms with Gasteiger partial charge in [-0.2, -0.15) is 18.3 Å². The maximum Gasteiger partial charge on any atom is 0.416 e. The van der Waals surface area contributed by atoms with Crippen LogP contribution in [0.1, 0.15) is 68.4 Å². The Hall–Kier alpha value is -4.75. The Balaban J connectivity index is 1.33. The minimum absolute atomic E-state index is 0.00671. The van der Waals surface area contributed by atoms with E-state index in [1.807, 2.05) is 25.5 Å². The Morgan fingerprint density at radius 1 is 1.00 bits per heavy atom. The number of nitrogens with two attached hydrogens (primary N) is 1. The van der Waals surface area contributed by atoms with Crippen molar-refractivity contribution in [1.29, 1.82) is 0 Å². The van der Waals surface area contributed by atoms with Crippen LogP contribution in [0.5, 0.6) is 0 Å². The van der Waals surface area contributed by atoms with Crippen LogP contribution in [-0.2, 0) is 10.9 Å². The molecule has 0 saturated heterocycles. The van der Waals surface area contributed by atoms with Gasteiger partial charge in [0.1, 0.15) is 29.3 Å². The number of ether oxygens (including phenoxy) is 1. The number of hydrogen-bond acceptors (Lipinski definition) is 8. The summed E-state index contributed by atoms with van der Waals surface area (Å²) in [5.41, 5.74) is 6.74. The van der Waals surface area contributed by atoms with Crippen molar-refractivity contribution in [2.75, 3.05) is 11.1 Å². The second-order valence-electron chi connectivity index (χ2n) is 11.4. The monoisotopic (exact) mass is 596 g/mol. The number of benzene rings is 1. The summed E-state index contributed by atoms with van der Waals surface area (Å²) < 4.78 is 46.3. The number of halogens is 3. The zero-order valence-electron chi connectivity index (χ0n) is 23.8. The molecule has 1 saturated carbocycles. The highest BCUT2D eigenvalue weighted by Crippen LogP contribution is 2.36. The van der Waals surface area contributed by atoms with E-state index in [1.165, 1.54) is 18.5 Å². The van der Waals surface area contributed by atoms with Gasteiger partial charge in [-0.25, -0.2) is 24.4 Å². The number of nitrogens with one attached hydrogen (secondary N) is 2. The molecule has 0 atom stereocenters. The fourth-order valence-electron chi connectivity index (χ4n) is 5.03. The van der Waals surface area contributed by atoms with Crippen molar-refractivity contribution in [1.82, 2.24) is 30.0 Å². The molecule has 1 fully saturated rings. The van der Waals surface area contributed by atoms with Crippen LogP contribution in [0, 0.1) is 0 Å². The number of nitrogen functional groups attached to an aromatic ring is 1. The van der Waals surface area contributed by atoms with Gasteiger partial charge in [-0.3, -0.25) is 4.79 Å². The van der Waals surface area contributed by atoms with E-state index in [0.717, 1.165) is 44.0 Å². The molecular formula is C29H31F3N8O3. The summed E-state index contributed by atoms with van der Waals surface area (Å²) >= 11 is 0. The number of rotatable bonds is 5. The van der Waals surface area contributed by atoms with Gasteiger partial charge in [0.25, 0.3) is 5.91 Å². The molecule has 1 aromatic carbocycles. The van der Waals surface area contributed by atoms with Crippen LogP contribution in [0.3, 0.4) is 0 Å². The summed E-state index contributed by atoms with van der Waals surface area (Å²) in [7, 11) is 0. The van der Waals surface area contributed by atoms with E-state index >= 15 is 0 Å². The number of alkyl halides is 3. The van der Waals surface area contributed by atoms with Crippen LogP contribution in [0.15, 0.2) is 48.9 Å². The lowest BCUT2D eigenvalue weighted by molar-refractivity contribution is -0.137.